The molecule has 1 aliphatic carbocycles. The summed E-state index contributed by atoms with van der Waals surface area (Å²) >= 11 is 0. The second-order valence-corrected chi connectivity index (χ2v) is 10.5. The minimum Gasteiger partial charge on any atom is -0.310 e. The smallest absolute Gasteiger partial charge is 0.0991 e. The number of nitriles is 3. The van der Waals surface area contributed by atoms with Gasteiger partial charge in [0.25, 0.3) is 0 Å². The highest BCUT2D eigenvalue weighted by Gasteiger charge is 2.15. The SMILES string of the molecule is C=C1C=C(c2ccc(N(c3ccc4cc(C#N)ccc4c3)c3ccc4cc(C#N)ccc4c3)cc2)/C=C\C/C=C(C#N)\C=C/1. The summed E-state index contributed by atoms with van der Waals surface area (Å²) in [6.45, 7) is 4.15. The molecule has 0 atom stereocenters. The first-order valence-electron chi connectivity index (χ1n) is 14.2. The number of allylic oxidation sites excluding steroid dienone is 9. The summed E-state index contributed by atoms with van der Waals surface area (Å²) in [6, 6.07) is 39.1. The Morgan fingerprint density at radius 1 is 0.568 bits per heavy atom. The van der Waals surface area contributed by atoms with E-state index in [2.05, 4.69) is 90.4 Å². The van der Waals surface area contributed by atoms with Gasteiger partial charge in [0.15, 0.2) is 0 Å². The molecule has 0 amide bonds. The summed E-state index contributed by atoms with van der Waals surface area (Å²) in [4.78, 5) is 2.21. The van der Waals surface area contributed by atoms with E-state index in [1.54, 1.807) is 6.08 Å². The predicted molar refractivity (Wildman–Crippen MR) is 179 cm³/mol. The van der Waals surface area contributed by atoms with Gasteiger partial charge in [0.2, 0.25) is 0 Å². The third-order valence-electron chi connectivity index (χ3n) is 7.60. The molecule has 1 aliphatic rings. The van der Waals surface area contributed by atoms with E-state index in [1.165, 1.54) is 0 Å². The second kappa shape index (κ2) is 12.2. The van der Waals surface area contributed by atoms with Gasteiger partial charge >= 0.3 is 0 Å². The molecule has 0 saturated heterocycles. The maximum absolute atomic E-state index is 9.36. The van der Waals surface area contributed by atoms with E-state index >= 15 is 0 Å². The van der Waals surface area contributed by atoms with Crippen molar-refractivity contribution in [3.05, 3.63) is 168 Å². The highest BCUT2D eigenvalue weighted by atomic mass is 15.1. The summed E-state index contributed by atoms with van der Waals surface area (Å²) in [5.41, 5.74) is 7.73. The molecule has 0 unspecified atom stereocenters. The zero-order valence-electron chi connectivity index (χ0n) is 23.9. The van der Waals surface area contributed by atoms with Gasteiger partial charge in [0.05, 0.1) is 29.3 Å². The number of anilines is 3. The van der Waals surface area contributed by atoms with Gasteiger partial charge in [0, 0.05) is 22.6 Å². The van der Waals surface area contributed by atoms with Gasteiger partial charge in [-0.1, -0.05) is 67.3 Å². The molecule has 0 bridgehead atoms. The molecule has 6 rings (SSSR count). The van der Waals surface area contributed by atoms with E-state index < -0.39 is 0 Å². The van der Waals surface area contributed by atoms with Gasteiger partial charge < -0.3 is 4.90 Å². The van der Waals surface area contributed by atoms with Crippen molar-refractivity contribution in [2.24, 2.45) is 0 Å². The van der Waals surface area contributed by atoms with Crippen LogP contribution in [0.4, 0.5) is 17.1 Å². The molecule has 0 saturated carbocycles. The van der Waals surface area contributed by atoms with Crippen LogP contribution in [0.15, 0.2) is 151 Å². The quantitative estimate of drug-likeness (QED) is 0.218. The Balaban J connectivity index is 1.43. The Kier molecular flexibility index (Phi) is 7.70. The van der Waals surface area contributed by atoms with Crippen molar-refractivity contribution < 1.29 is 0 Å². The first-order chi connectivity index (χ1) is 21.5. The van der Waals surface area contributed by atoms with Crippen molar-refractivity contribution in [2.45, 2.75) is 6.42 Å². The van der Waals surface area contributed by atoms with Crippen molar-refractivity contribution in [1.82, 2.24) is 0 Å². The van der Waals surface area contributed by atoms with Crippen molar-refractivity contribution in [3.63, 3.8) is 0 Å². The summed E-state index contributed by atoms with van der Waals surface area (Å²) in [6.07, 6.45) is 12.4. The predicted octanol–water partition coefficient (Wildman–Crippen LogP) is 10.1. The van der Waals surface area contributed by atoms with Crippen LogP contribution in [-0.4, -0.2) is 0 Å². The average molecular weight is 563 g/mol. The van der Waals surface area contributed by atoms with Gasteiger partial charge in [-0.05, 0) is 117 Å². The normalized spacial score (nSPS) is 15.6. The van der Waals surface area contributed by atoms with Gasteiger partial charge in [-0.15, -0.1) is 0 Å². The van der Waals surface area contributed by atoms with Crippen molar-refractivity contribution in [1.29, 1.82) is 15.8 Å². The Bertz CT molecular complexity index is 2090. The lowest BCUT2D eigenvalue weighted by Gasteiger charge is -2.26. The van der Waals surface area contributed by atoms with E-state index in [4.69, 9.17) is 0 Å². The van der Waals surface area contributed by atoms with E-state index in [0.29, 0.717) is 23.1 Å². The topological polar surface area (TPSA) is 74.6 Å². The Hall–Kier alpha value is -6.41. The largest absolute Gasteiger partial charge is 0.310 e. The third-order valence-corrected chi connectivity index (χ3v) is 7.60. The highest BCUT2D eigenvalue weighted by Crippen LogP contribution is 2.38. The van der Waals surface area contributed by atoms with E-state index in [9.17, 15) is 15.8 Å². The van der Waals surface area contributed by atoms with Crippen LogP contribution < -0.4 is 4.90 Å². The third kappa shape index (κ3) is 5.81. The molecule has 0 fully saturated rings. The molecule has 5 aromatic rings. The number of fused-ring (bicyclic) bond motifs is 2. The van der Waals surface area contributed by atoms with Crippen molar-refractivity contribution in [2.75, 3.05) is 4.90 Å². The van der Waals surface area contributed by atoms with Crippen LogP contribution in [0, 0.1) is 34.0 Å². The van der Waals surface area contributed by atoms with Crippen LogP contribution in [0.1, 0.15) is 23.1 Å². The maximum Gasteiger partial charge on any atom is 0.0991 e. The lowest BCUT2D eigenvalue weighted by Crippen LogP contribution is -2.10. The molecule has 206 valence electrons. The maximum atomic E-state index is 9.36. The van der Waals surface area contributed by atoms with Crippen LogP contribution in [-0.2, 0) is 0 Å². The molecule has 0 N–H and O–H groups in total. The minimum atomic E-state index is 0.621. The van der Waals surface area contributed by atoms with Crippen molar-refractivity contribution >= 4 is 44.2 Å². The molecule has 0 heterocycles. The number of nitrogens with zero attached hydrogens (tertiary/aromatic N) is 4. The van der Waals surface area contributed by atoms with E-state index in [1.807, 2.05) is 66.8 Å². The van der Waals surface area contributed by atoms with Gasteiger partial charge in [-0.3, -0.25) is 0 Å². The monoisotopic (exact) mass is 562 g/mol. The second-order valence-electron chi connectivity index (χ2n) is 10.5. The average Bonchev–Trinajstić information content (AvgIpc) is 3.07. The first kappa shape index (κ1) is 27.7. The highest BCUT2D eigenvalue weighted by molar-refractivity contribution is 5.93. The summed E-state index contributed by atoms with van der Waals surface area (Å²) < 4.78 is 0. The number of hydrogen-bond acceptors (Lipinski definition) is 4. The van der Waals surface area contributed by atoms with Gasteiger partial charge in [-0.25, -0.2) is 0 Å². The van der Waals surface area contributed by atoms with Crippen LogP contribution >= 0.6 is 0 Å². The Morgan fingerprint density at radius 3 is 1.68 bits per heavy atom. The van der Waals surface area contributed by atoms with E-state index in [-0.39, 0.29) is 0 Å². The van der Waals surface area contributed by atoms with Crippen LogP contribution in [0.2, 0.25) is 0 Å². The van der Waals surface area contributed by atoms with E-state index in [0.717, 1.165) is 55.3 Å². The van der Waals surface area contributed by atoms with Gasteiger partial charge in [0.1, 0.15) is 0 Å². The molecule has 5 aromatic carbocycles. The molecular weight excluding hydrogens is 536 g/mol. The molecule has 0 radical (unpaired) electrons. The fourth-order valence-electron chi connectivity index (χ4n) is 5.35. The summed E-state index contributed by atoms with van der Waals surface area (Å²) in [5, 5.41) is 32.1. The zero-order chi connectivity index (χ0) is 30.5. The fourth-order valence-corrected chi connectivity index (χ4v) is 5.35. The Morgan fingerprint density at radius 2 is 1.11 bits per heavy atom. The summed E-state index contributed by atoms with van der Waals surface area (Å²) in [5.74, 6) is 0. The molecule has 0 spiro atoms. The van der Waals surface area contributed by atoms with Crippen LogP contribution in [0.5, 0.6) is 0 Å². The number of rotatable bonds is 4. The molecule has 44 heavy (non-hydrogen) atoms. The molecule has 4 heteroatoms. The lowest BCUT2D eigenvalue weighted by atomic mass is 10.00. The number of hydrogen-bond donors (Lipinski definition) is 0. The van der Waals surface area contributed by atoms with Gasteiger partial charge in [-0.2, -0.15) is 15.8 Å². The molecule has 0 aromatic heterocycles. The number of benzene rings is 5. The van der Waals surface area contributed by atoms with Crippen LogP contribution in [0.3, 0.4) is 0 Å². The first-order valence-corrected chi connectivity index (χ1v) is 14.2. The zero-order valence-corrected chi connectivity index (χ0v) is 23.9. The minimum absolute atomic E-state index is 0.621. The fraction of sp³-hybridized carbons (Fsp3) is 0.0250. The Labute approximate surface area is 257 Å². The molecular formula is C40H26N4. The molecule has 0 aliphatic heterocycles. The lowest BCUT2D eigenvalue weighted by molar-refractivity contribution is 1.29. The van der Waals surface area contributed by atoms with Crippen molar-refractivity contribution in [3.8, 4) is 18.2 Å². The van der Waals surface area contributed by atoms with Crippen LogP contribution in [0.25, 0.3) is 27.1 Å². The molecule has 4 nitrogen and oxygen atoms in total. The summed E-state index contributed by atoms with van der Waals surface area (Å²) in [7, 11) is 0. The standard InChI is InChI=1S/C40H26N4/c1-28-6-7-29(25-41)4-2-3-5-33(20-28)32-12-16-38(17-13-32)44(39-18-14-34-21-30(26-42)8-10-36(34)23-39)40-19-15-35-22-31(27-43)9-11-37(35)24-40/h3-24H,1-2H2/b5-3-,7-6-,29-4+,33-20?.